The van der Waals surface area contributed by atoms with Gasteiger partial charge in [-0.05, 0) is 43.5 Å². The number of anilines is 1. The number of carbonyl (C=O) groups is 1. The van der Waals surface area contributed by atoms with Crippen LogP contribution in [0.4, 0.5) is 5.82 Å². The van der Waals surface area contributed by atoms with E-state index in [4.69, 9.17) is 0 Å². The van der Waals surface area contributed by atoms with Gasteiger partial charge >= 0.3 is 0 Å². The van der Waals surface area contributed by atoms with Crippen LogP contribution in [0.1, 0.15) is 31.0 Å². The number of nitrogens with one attached hydrogen (secondary N) is 2. The summed E-state index contributed by atoms with van der Waals surface area (Å²) >= 11 is 0. The van der Waals surface area contributed by atoms with Crippen molar-refractivity contribution in [1.82, 2.24) is 15.2 Å². The van der Waals surface area contributed by atoms with Gasteiger partial charge in [-0.25, -0.2) is 4.98 Å². The highest BCUT2D eigenvalue weighted by Gasteiger charge is 2.16. The predicted molar refractivity (Wildman–Crippen MR) is 134 cm³/mol. The summed E-state index contributed by atoms with van der Waals surface area (Å²) in [5, 5.41) is 6.17. The Bertz CT molecular complexity index is 882. The number of halogens is 1. The molecule has 0 radical (unpaired) electrons. The third kappa shape index (κ3) is 7.12. The van der Waals surface area contributed by atoms with Crippen molar-refractivity contribution in [3.05, 3.63) is 65.9 Å². The number of nitrogens with zero attached hydrogens (tertiary/aromatic N) is 3. The molecule has 0 saturated carbocycles. The van der Waals surface area contributed by atoms with Gasteiger partial charge in [-0.1, -0.05) is 42.5 Å². The second-order valence-corrected chi connectivity index (χ2v) is 6.99. The van der Waals surface area contributed by atoms with E-state index in [-0.39, 0.29) is 29.9 Å². The minimum Gasteiger partial charge on any atom is -0.357 e. The minimum atomic E-state index is -0.0763. The highest BCUT2D eigenvalue weighted by molar-refractivity contribution is 14.0. The summed E-state index contributed by atoms with van der Waals surface area (Å²) in [6.07, 6.45) is 3.57. The maximum Gasteiger partial charge on any atom is 0.227 e. The Balaban J connectivity index is 0.00000320. The first-order valence-corrected chi connectivity index (χ1v) is 10.2. The third-order valence-corrected chi connectivity index (χ3v) is 4.74. The first-order valence-electron chi connectivity index (χ1n) is 10.2. The van der Waals surface area contributed by atoms with Gasteiger partial charge in [0, 0.05) is 31.7 Å². The van der Waals surface area contributed by atoms with Gasteiger partial charge in [-0.2, -0.15) is 0 Å². The lowest BCUT2D eigenvalue weighted by Gasteiger charge is -2.29. The smallest absolute Gasteiger partial charge is 0.227 e. The van der Waals surface area contributed by atoms with E-state index >= 15 is 0 Å². The van der Waals surface area contributed by atoms with Crippen LogP contribution < -0.4 is 10.6 Å². The molecule has 0 saturated heterocycles. The summed E-state index contributed by atoms with van der Waals surface area (Å²) in [7, 11) is 0. The van der Waals surface area contributed by atoms with Crippen LogP contribution in [0.5, 0.6) is 0 Å². The zero-order valence-electron chi connectivity index (χ0n) is 17.6. The standard InChI is InChI=1S/C23H29N5O.HI/c1-3-24-23(25-15-12-22(29)27-21-11-7-8-18(2)26-21)28-16-13-20(14-17-28)19-9-5-4-6-10-19;/h4-11,13H,3,12,14-17H2,1-2H3,(H,24,25)(H,26,27,29);1H. The van der Waals surface area contributed by atoms with E-state index in [9.17, 15) is 4.79 Å². The highest BCUT2D eigenvalue weighted by Crippen LogP contribution is 2.22. The van der Waals surface area contributed by atoms with E-state index in [0.717, 1.165) is 37.7 Å². The zero-order chi connectivity index (χ0) is 20.5. The second-order valence-electron chi connectivity index (χ2n) is 6.99. The lowest BCUT2D eigenvalue weighted by molar-refractivity contribution is -0.116. The van der Waals surface area contributed by atoms with Crippen molar-refractivity contribution in [3.63, 3.8) is 0 Å². The Hall–Kier alpha value is -2.42. The van der Waals surface area contributed by atoms with E-state index in [1.165, 1.54) is 11.1 Å². The molecule has 30 heavy (non-hydrogen) atoms. The van der Waals surface area contributed by atoms with E-state index in [0.29, 0.717) is 18.8 Å². The Morgan fingerprint density at radius 3 is 2.63 bits per heavy atom. The molecule has 1 aromatic heterocycles. The van der Waals surface area contributed by atoms with E-state index in [1.54, 1.807) is 6.07 Å². The number of carbonyl (C=O) groups excluding carboxylic acids is 1. The van der Waals surface area contributed by atoms with Gasteiger partial charge in [0.15, 0.2) is 5.96 Å². The van der Waals surface area contributed by atoms with Crippen LogP contribution in [0, 0.1) is 6.92 Å². The number of rotatable bonds is 6. The van der Waals surface area contributed by atoms with Crippen molar-refractivity contribution in [2.24, 2.45) is 4.99 Å². The van der Waals surface area contributed by atoms with Gasteiger partial charge in [0.25, 0.3) is 0 Å². The van der Waals surface area contributed by atoms with Gasteiger partial charge < -0.3 is 15.5 Å². The van der Waals surface area contributed by atoms with Gasteiger partial charge in [-0.3, -0.25) is 9.79 Å². The third-order valence-electron chi connectivity index (χ3n) is 4.74. The first-order chi connectivity index (χ1) is 14.2. The van der Waals surface area contributed by atoms with Crippen molar-refractivity contribution >= 4 is 47.2 Å². The van der Waals surface area contributed by atoms with Crippen LogP contribution in [-0.2, 0) is 4.79 Å². The van der Waals surface area contributed by atoms with Gasteiger partial charge in [0.1, 0.15) is 5.82 Å². The van der Waals surface area contributed by atoms with Crippen LogP contribution in [-0.4, -0.2) is 47.9 Å². The van der Waals surface area contributed by atoms with Crippen molar-refractivity contribution < 1.29 is 4.79 Å². The molecule has 1 amide bonds. The average molecular weight is 519 g/mol. The molecular weight excluding hydrogens is 489 g/mol. The SMILES string of the molecule is CCNC(=NCCC(=O)Nc1cccc(C)n1)N1CC=C(c2ccccc2)CC1.I. The molecule has 7 heteroatoms. The highest BCUT2D eigenvalue weighted by atomic mass is 127. The van der Waals surface area contributed by atoms with E-state index in [1.807, 2.05) is 25.1 Å². The summed E-state index contributed by atoms with van der Waals surface area (Å²) in [5.41, 5.74) is 3.54. The van der Waals surface area contributed by atoms with E-state index in [2.05, 4.69) is 62.8 Å². The number of aryl methyl sites for hydroxylation is 1. The fourth-order valence-electron chi connectivity index (χ4n) is 3.28. The van der Waals surface area contributed by atoms with Crippen LogP contribution >= 0.6 is 24.0 Å². The Morgan fingerprint density at radius 1 is 1.17 bits per heavy atom. The number of hydrogen-bond donors (Lipinski definition) is 2. The van der Waals surface area contributed by atoms with Crippen molar-refractivity contribution in [1.29, 1.82) is 0 Å². The van der Waals surface area contributed by atoms with Gasteiger partial charge in [0.05, 0.1) is 6.54 Å². The molecule has 3 rings (SSSR count). The number of pyridine rings is 1. The maximum absolute atomic E-state index is 12.2. The molecule has 0 unspecified atom stereocenters. The second kappa shape index (κ2) is 12.3. The maximum atomic E-state index is 12.2. The largest absolute Gasteiger partial charge is 0.357 e. The van der Waals surface area contributed by atoms with Crippen molar-refractivity contribution in [2.75, 3.05) is 31.5 Å². The molecule has 1 aliphatic heterocycles. The number of guanidine groups is 1. The van der Waals surface area contributed by atoms with Crippen molar-refractivity contribution in [3.8, 4) is 0 Å². The molecule has 0 bridgehead atoms. The molecular formula is C23H30IN5O. The molecule has 1 aliphatic rings. The number of benzene rings is 1. The molecule has 2 heterocycles. The monoisotopic (exact) mass is 519 g/mol. The number of aromatic nitrogens is 1. The lowest BCUT2D eigenvalue weighted by Crippen LogP contribution is -2.43. The summed E-state index contributed by atoms with van der Waals surface area (Å²) < 4.78 is 0. The Morgan fingerprint density at radius 2 is 1.97 bits per heavy atom. The molecule has 0 spiro atoms. The molecule has 0 atom stereocenters. The molecule has 0 aliphatic carbocycles. The van der Waals surface area contributed by atoms with Crippen LogP contribution in [0.3, 0.4) is 0 Å². The summed E-state index contributed by atoms with van der Waals surface area (Å²) in [6.45, 7) is 6.91. The van der Waals surface area contributed by atoms with Crippen molar-refractivity contribution in [2.45, 2.75) is 26.7 Å². The Kier molecular flexibility index (Phi) is 9.79. The van der Waals surface area contributed by atoms with Gasteiger partial charge in [0.2, 0.25) is 5.91 Å². The molecule has 1 aromatic carbocycles. The summed E-state index contributed by atoms with van der Waals surface area (Å²) in [6, 6.07) is 16.1. The van der Waals surface area contributed by atoms with E-state index < -0.39 is 0 Å². The molecule has 0 fully saturated rings. The molecule has 160 valence electrons. The molecule has 6 nitrogen and oxygen atoms in total. The Labute approximate surface area is 195 Å². The van der Waals surface area contributed by atoms with Crippen LogP contribution in [0.25, 0.3) is 5.57 Å². The predicted octanol–water partition coefficient (Wildman–Crippen LogP) is 4.09. The minimum absolute atomic E-state index is 0. The first kappa shape index (κ1) is 23.9. The zero-order valence-corrected chi connectivity index (χ0v) is 19.9. The average Bonchev–Trinajstić information content (AvgIpc) is 2.74. The summed E-state index contributed by atoms with van der Waals surface area (Å²) in [4.78, 5) is 23.4. The summed E-state index contributed by atoms with van der Waals surface area (Å²) in [5.74, 6) is 1.37. The topological polar surface area (TPSA) is 69.6 Å². The fourth-order valence-corrected chi connectivity index (χ4v) is 3.28. The normalized spacial score (nSPS) is 13.9. The van der Waals surface area contributed by atoms with Gasteiger partial charge in [-0.15, -0.1) is 24.0 Å². The lowest BCUT2D eigenvalue weighted by atomic mass is 10.00. The quantitative estimate of drug-likeness (QED) is 0.343. The fraction of sp³-hybridized carbons (Fsp3) is 0.348. The number of aliphatic imine (C=N–C) groups is 1. The molecule has 2 N–H and O–H groups in total. The van der Waals surface area contributed by atoms with Crippen LogP contribution in [0.15, 0.2) is 59.6 Å². The molecule has 2 aromatic rings. The number of hydrogen-bond acceptors (Lipinski definition) is 3. The van der Waals surface area contributed by atoms with Crippen LogP contribution in [0.2, 0.25) is 0 Å². The number of amides is 1.